The van der Waals surface area contributed by atoms with Crippen LogP contribution in [0.5, 0.6) is 0 Å². The van der Waals surface area contributed by atoms with Crippen LogP contribution in [0.2, 0.25) is 0 Å². The second-order valence-electron chi connectivity index (χ2n) is 5.95. The quantitative estimate of drug-likeness (QED) is 0.788. The predicted molar refractivity (Wildman–Crippen MR) is 95.9 cm³/mol. The number of nitrogens with zero attached hydrogens (tertiary/aromatic N) is 4. The monoisotopic (exact) mass is 380 g/mol. The number of likely N-dealkylation sites (N-methyl/N-ethyl adjacent to an activating group) is 1. The predicted octanol–water partition coefficient (Wildman–Crippen LogP) is 0.764. The van der Waals surface area contributed by atoms with Gasteiger partial charge in [0.05, 0.1) is 4.90 Å². The summed E-state index contributed by atoms with van der Waals surface area (Å²) >= 11 is 1.35. The van der Waals surface area contributed by atoms with E-state index < -0.39 is 15.9 Å². The van der Waals surface area contributed by atoms with E-state index in [0.29, 0.717) is 31.0 Å². The Morgan fingerprint density at radius 3 is 2.52 bits per heavy atom. The van der Waals surface area contributed by atoms with Gasteiger partial charge >= 0.3 is 0 Å². The Balaban J connectivity index is 1.89. The van der Waals surface area contributed by atoms with Gasteiger partial charge < -0.3 is 9.47 Å². The molecule has 3 rings (SSSR count). The summed E-state index contributed by atoms with van der Waals surface area (Å²) in [6, 6.07) is 6.10. The third kappa shape index (κ3) is 3.90. The van der Waals surface area contributed by atoms with Crippen molar-refractivity contribution in [1.29, 1.82) is 0 Å². The lowest BCUT2D eigenvalue weighted by atomic mass is 10.2. The van der Waals surface area contributed by atoms with Crippen molar-refractivity contribution < 1.29 is 13.2 Å². The van der Waals surface area contributed by atoms with Crippen molar-refractivity contribution in [2.75, 3.05) is 33.2 Å². The molecule has 25 heavy (non-hydrogen) atoms. The maximum absolute atomic E-state index is 12.8. The van der Waals surface area contributed by atoms with Crippen LogP contribution in [0.4, 0.5) is 0 Å². The molecule has 1 aromatic carbocycles. The molecule has 0 spiro atoms. The fourth-order valence-electron chi connectivity index (χ4n) is 2.55. The smallest absolute Gasteiger partial charge is 0.279 e. The summed E-state index contributed by atoms with van der Waals surface area (Å²) in [5.74, 6) is -0.450. The molecule has 0 N–H and O–H groups in total. The number of amides is 1. The lowest BCUT2D eigenvalue weighted by Crippen LogP contribution is -2.47. The lowest BCUT2D eigenvalue weighted by molar-refractivity contribution is 0.0997. The van der Waals surface area contributed by atoms with Crippen LogP contribution in [0, 0.1) is 0 Å². The molecule has 0 radical (unpaired) electrons. The Bertz CT molecular complexity index is 938. The Hall–Kier alpha value is -1.81. The molecule has 0 atom stereocenters. The lowest BCUT2D eigenvalue weighted by Gasteiger charge is -2.31. The van der Waals surface area contributed by atoms with E-state index in [1.165, 1.54) is 27.8 Å². The molecule has 1 fully saturated rings. The van der Waals surface area contributed by atoms with Gasteiger partial charge in [0, 0.05) is 50.4 Å². The summed E-state index contributed by atoms with van der Waals surface area (Å²) in [6.45, 7) is 2.29. The van der Waals surface area contributed by atoms with E-state index in [1.54, 1.807) is 23.7 Å². The van der Waals surface area contributed by atoms with Crippen molar-refractivity contribution in [2.24, 2.45) is 12.0 Å². The molecule has 0 aliphatic carbocycles. The number of sulfonamides is 1. The molecule has 2 heterocycles. The van der Waals surface area contributed by atoms with Gasteiger partial charge in [0.15, 0.2) is 4.80 Å². The van der Waals surface area contributed by atoms with Gasteiger partial charge in [-0.3, -0.25) is 4.79 Å². The molecule has 1 aliphatic heterocycles. The largest absolute Gasteiger partial charge is 0.327 e. The Morgan fingerprint density at radius 2 is 1.88 bits per heavy atom. The number of benzene rings is 1. The van der Waals surface area contributed by atoms with Crippen LogP contribution in [0.1, 0.15) is 10.4 Å². The van der Waals surface area contributed by atoms with Crippen LogP contribution in [0.15, 0.2) is 45.7 Å². The fourth-order valence-corrected chi connectivity index (χ4v) is 4.75. The standard InChI is InChI=1S/C16H20N4O3S2/c1-18-6-8-20(9-7-18)25(22,23)14-5-3-4-13(12-14)15(21)17-16-19(2)10-11-24-16/h3-5,10-12H,6-9H2,1-2H3. The number of aryl methyl sites for hydroxylation is 1. The number of carbonyl (C=O) groups is 1. The van der Waals surface area contributed by atoms with Gasteiger partial charge in [0.1, 0.15) is 0 Å². The van der Waals surface area contributed by atoms with Gasteiger partial charge in [0.2, 0.25) is 10.0 Å². The highest BCUT2D eigenvalue weighted by atomic mass is 32.2. The zero-order valence-electron chi connectivity index (χ0n) is 14.1. The topological polar surface area (TPSA) is 75.0 Å². The minimum absolute atomic E-state index is 0.133. The van der Waals surface area contributed by atoms with Gasteiger partial charge in [-0.05, 0) is 25.2 Å². The number of piperazine rings is 1. The summed E-state index contributed by atoms with van der Waals surface area (Å²) in [5.41, 5.74) is 0.267. The van der Waals surface area contributed by atoms with Crippen LogP contribution in [0.3, 0.4) is 0 Å². The third-order valence-corrected chi connectivity index (χ3v) is 6.88. The highest BCUT2D eigenvalue weighted by Crippen LogP contribution is 2.19. The highest BCUT2D eigenvalue weighted by molar-refractivity contribution is 7.89. The van der Waals surface area contributed by atoms with Crippen molar-refractivity contribution in [3.8, 4) is 0 Å². The molecule has 0 unspecified atom stereocenters. The molecule has 2 aromatic rings. The van der Waals surface area contributed by atoms with Gasteiger partial charge in [0.25, 0.3) is 5.91 Å². The second-order valence-corrected chi connectivity index (χ2v) is 8.76. The Morgan fingerprint density at radius 1 is 1.16 bits per heavy atom. The number of hydrogen-bond donors (Lipinski definition) is 0. The van der Waals surface area contributed by atoms with Crippen LogP contribution in [-0.2, 0) is 17.1 Å². The number of aromatic nitrogens is 1. The molecule has 1 aliphatic rings. The number of hydrogen-bond acceptors (Lipinski definition) is 5. The summed E-state index contributed by atoms with van der Waals surface area (Å²) < 4.78 is 28.8. The normalized spacial score (nSPS) is 17.8. The van der Waals surface area contributed by atoms with Crippen molar-refractivity contribution in [2.45, 2.75) is 4.90 Å². The Labute approximate surface area is 150 Å². The van der Waals surface area contributed by atoms with Crippen LogP contribution >= 0.6 is 11.3 Å². The maximum Gasteiger partial charge on any atom is 0.279 e. The summed E-state index contributed by atoms with van der Waals surface area (Å²) in [6.07, 6.45) is 1.81. The zero-order chi connectivity index (χ0) is 18.0. The first-order valence-electron chi connectivity index (χ1n) is 7.86. The molecule has 1 aromatic heterocycles. The van der Waals surface area contributed by atoms with Crippen molar-refractivity contribution >= 4 is 27.3 Å². The van der Waals surface area contributed by atoms with Crippen molar-refractivity contribution in [3.63, 3.8) is 0 Å². The molecule has 9 heteroatoms. The van der Waals surface area contributed by atoms with Crippen molar-refractivity contribution in [1.82, 2.24) is 13.8 Å². The van der Waals surface area contributed by atoms with Crippen LogP contribution < -0.4 is 4.80 Å². The summed E-state index contributed by atoms with van der Waals surface area (Å²) in [7, 11) is 0.169. The van der Waals surface area contributed by atoms with E-state index in [1.807, 2.05) is 18.6 Å². The first kappa shape index (κ1) is 18.0. The first-order valence-corrected chi connectivity index (χ1v) is 10.2. The first-order chi connectivity index (χ1) is 11.9. The molecule has 7 nitrogen and oxygen atoms in total. The second kappa shape index (κ2) is 7.20. The van der Waals surface area contributed by atoms with Gasteiger partial charge in [-0.25, -0.2) is 8.42 Å². The van der Waals surface area contributed by atoms with Gasteiger partial charge in [-0.1, -0.05) is 6.07 Å². The molecule has 0 saturated carbocycles. The SMILES string of the molecule is CN1CCN(S(=O)(=O)c2cccc(C(=O)N=c3sccn3C)c2)CC1. The van der Waals surface area contributed by atoms with E-state index in [0.717, 1.165) is 0 Å². The molecular formula is C16H20N4O3S2. The van der Waals surface area contributed by atoms with Gasteiger partial charge in [-0.2, -0.15) is 9.30 Å². The van der Waals surface area contributed by atoms with E-state index >= 15 is 0 Å². The summed E-state index contributed by atoms with van der Waals surface area (Å²) in [5, 5.41) is 1.83. The summed E-state index contributed by atoms with van der Waals surface area (Å²) in [4.78, 5) is 19.2. The van der Waals surface area contributed by atoms with E-state index in [9.17, 15) is 13.2 Å². The van der Waals surface area contributed by atoms with Crippen LogP contribution in [-0.4, -0.2) is 61.3 Å². The maximum atomic E-state index is 12.8. The molecule has 1 saturated heterocycles. The van der Waals surface area contributed by atoms with Crippen molar-refractivity contribution in [3.05, 3.63) is 46.2 Å². The number of carbonyl (C=O) groups excluding carboxylic acids is 1. The van der Waals surface area contributed by atoms with E-state index in [2.05, 4.69) is 9.89 Å². The average molecular weight is 380 g/mol. The zero-order valence-corrected chi connectivity index (χ0v) is 15.8. The molecule has 0 bridgehead atoms. The molecular weight excluding hydrogens is 360 g/mol. The van der Waals surface area contributed by atoms with E-state index in [-0.39, 0.29) is 10.5 Å². The Kier molecular flexibility index (Phi) is 5.19. The van der Waals surface area contributed by atoms with Gasteiger partial charge in [-0.15, -0.1) is 11.3 Å². The minimum atomic E-state index is -3.60. The highest BCUT2D eigenvalue weighted by Gasteiger charge is 2.27. The van der Waals surface area contributed by atoms with E-state index in [4.69, 9.17) is 0 Å². The number of rotatable bonds is 3. The average Bonchev–Trinajstić information content (AvgIpc) is 3.00. The number of thiazole rings is 1. The fraction of sp³-hybridized carbons (Fsp3) is 0.375. The van der Waals surface area contributed by atoms with Crippen LogP contribution in [0.25, 0.3) is 0 Å². The third-order valence-electron chi connectivity index (χ3n) is 4.14. The minimum Gasteiger partial charge on any atom is -0.327 e. The molecule has 134 valence electrons. The molecule has 1 amide bonds.